The minimum atomic E-state index is -5.08. The lowest BCUT2D eigenvalue weighted by Crippen LogP contribution is -2.51. The number of pyridine rings is 1. The van der Waals surface area contributed by atoms with Crippen LogP contribution in [0.4, 0.5) is 13.2 Å². The number of ether oxygens (including phenoxy) is 1. The average molecular weight is 485 g/mol. The molecule has 1 aromatic carbocycles. The van der Waals surface area contributed by atoms with Crippen LogP contribution in [0.1, 0.15) is 17.3 Å². The Morgan fingerprint density at radius 3 is 2.44 bits per heavy atom. The van der Waals surface area contributed by atoms with Gasteiger partial charge in [0.15, 0.2) is 0 Å². The van der Waals surface area contributed by atoms with E-state index in [4.69, 9.17) is 19.7 Å². The summed E-state index contributed by atoms with van der Waals surface area (Å²) in [4.78, 5) is 51.3. The molecule has 2 amide bonds. The van der Waals surface area contributed by atoms with Crippen LogP contribution in [0.15, 0.2) is 36.7 Å². The number of amides is 2. The summed E-state index contributed by atoms with van der Waals surface area (Å²) in [6, 6.07) is 7.35. The molecule has 0 saturated carbocycles. The zero-order chi connectivity index (χ0) is 25.5. The molecule has 2 aromatic rings. The minimum absolute atomic E-state index is 0.123. The number of rotatable bonds is 5. The van der Waals surface area contributed by atoms with E-state index >= 15 is 0 Å². The first-order valence-corrected chi connectivity index (χ1v) is 9.90. The zero-order valence-electron chi connectivity index (χ0n) is 18.0. The van der Waals surface area contributed by atoms with Crippen molar-refractivity contribution in [1.29, 1.82) is 0 Å². The van der Waals surface area contributed by atoms with Crippen molar-refractivity contribution in [1.82, 2.24) is 14.8 Å². The van der Waals surface area contributed by atoms with Gasteiger partial charge in [0, 0.05) is 49.9 Å². The molecule has 34 heavy (non-hydrogen) atoms. The van der Waals surface area contributed by atoms with E-state index in [2.05, 4.69) is 4.98 Å². The molecule has 13 heteroatoms. The van der Waals surface area contributed by atoms with Crippen LogP contribution in [0, 0.1) is 0 Å². The van der Waals surface area contributed by atoms with E-state index in [0.29, 0.717) is 25.3 Å². The highest BCUT2D eigenvalue weighted by Crippen LogP contribution is 2.18. The summed E-state index contributed by atoms with van der Waals surface area (Å²) in [5.41, 5.74) is 0.560. The van der Waals surface area contributed by atoms with Crippen LogP contribution in [-0.4, -0.2) is 93.8 Å². The van der Waals surface area contributed by atoms with Crippen molar-refractivity contribution in [2.45, 2.75) is 19.2 Å². The highest BCUT2D eigenvalue weighted by molar-refractivity contribution is 5.98. The molecule has 0 radical (unpaired) electrons. The third-order valence-electron chi connectivity index (χ3n) is 4.75. The highest BCUT2D eigenvalue weighted by Gasteiger charge is 2.38. The lowest BCUT2D eigenvalue weighted by molar-refractivity contribution is -0.192. The summed E-state index contributed by atoms with van der Waals surface area (Å²) in [5, 5.41) is 18.0. The lowest BCUT2D eigenvalue weighted by atomic mass is 10.1. The Morgan fingerprint density at radius 2 is 1.85 bits per heavy atom. The molecule has 2 heterocycles. The number of alkyl halides is 3. The molecule has 1 atom stereocenters. The zero-order valence-corrected chi connectivity index (χ0v) is 18.0. The summed E-state index contributed by atoms with van der Waals surface area (Å²) in [6.45, 7) is 2.14. The number of carbonyl (C=O) groups is 4. The van der Waals surface area contributed by atoms with Gasteiger partial charge in [-0.15, -0.1) is 0 Å². The maximum atomic E-state index is 12.9. The summed E-state index contributed by atoms with van der Waals surface area (Å²) < 4.78 is 37.4. The lowest BCUT2D eigenvalue weighted by Gasteiger charge is -2.35. The number of hydrogen-bond acceptors (Lipinski definition) is 6. The third kappa shape index (κ3) is 7.69. The maximum absolute atomic E-state index is 12.9. The van der Waals surface area contributed by atoms with Crippen LogP contribution < -0.4 is 0 Å². The smallest absolute Gasteiger partial charge is 0.480 e. The number of fused-ring (bicyclic) bond motifs is 1. The van der Waals surface area contributed by atoms with Gasteiger partial charge in [-0.2, -0.15) is 13.2 Å². The monoisotopic (exact) mass is 485 g/mol. The number of aromatic nitrogens is 1. The van der Waals surface area contributed by atoms with Gasteiger partial charge in [-0.3, -0.25) is 19.4 Å². The first-order valence-electron chi connectivity index (χ1n) is 9.90. The molecule has 184 valence electrons. The van der Waals surface area contributed by atoms with Gasteiger partial charge in [0.05, 0.1) is 12.7 Å². The third-order valence-corrected chi connectivity index (χ3v) is 4.75. The fourth-order valence-electron chi connectivity index (χ4n) is 3.13. The van der Waals surface area contributed by atoms with Crippen molar-refractivity contribution >= 4 is 34.5 Å². The van der Waals surface area contributed by atoms with E-state index in [1.807, 2.05) is 12.1 Å². The van der Waals surface area contributed by atoms with E-state index in [9.17, 15) is 27.6 Å². The average Bonchev–Trinajstić information content (AvgIpc) is 2.77. The molecule has 1 aromatic heterocycles. The Hall–Kier alpha value is -3.74. The topological polar surface area (TPSA) is 137 Å². The summed E-state index contributed by atoms with van der Waals surface area (Å²) in [5.74, 6) is -4.31. The summed E-state index contributed by atoms with van der Waals surface area (Å²) in [6.07, 6.45) is -2.09. The first kappa shape index (κ1) is 26.5. The van der Waals surface area contributed by atoms with Crippen LogP contribution in [0.2, 0.25) is 0 Å². The second-order valence-corrected chi connectivity index (χ2v) is 7.28. The number of carbonyl (C=O) groups excluding carboxylic acids is 2. The van der Waals surface area contributed by atoms with Crippen LogP contribution >= 0.6 is 0 Å². The number of morpholine rings is 1. The first-order chi connectivity index (χ1) is 15.9. The van der Waals surface area contributed by atoms with Gasteiger partial charge < -0.3 is 24.7 Å². The van der Waals surface area contributed by atoms with Crippen LogP contribution in [-0.2, 0) is 19.1 Å². The minimum Gasteiger partial charge on any atom is -0.480 e. The van der Waals surface area contributed by atoms with Gasteiger partial charge >= 0.3 is 18.1 Å². The summed E-state index contributed by atoms with van der Waals surface area (Å²) in [7, 11) is 0. The summed E-state index contributed by atoms with van der Waals surface area (Å²) >= 11 is 0. The van der Waals surface area contributed by atoms with Crippen molar-refractivity contribution < 1.29 is 47.3 Å². The van der Waals surface area contributed by atoms with E-state index < -0.39 is 24.2 Å². The van der Waals surface area contributed by atoms with Crippen LogP contribution in [0.25, 0.3) is 10.8 Å². The van der Waals surface area contributed by atoms with E-state index in [-0.39, 0.29) is 24.9 Å². The van der Waals surface area contributed by atoms with Crippen molar-refractivity contribution in [3.05, 3.63) is 42.2 Å². The van der Waals surface area contributed by atoms with E-state index in [1.54, 1.807) is 29.4 Å². The molecule has 1 fully saturated rings. The molecular weight excluding hydrogens is 463 g/mol. The molecule has 0 bridgehead atoms. The van der Waals surface area contributed by atoms with Crippen molar-refractivity contribution in [2.24, 2.45) is 0 Å². The number of aliphatic carboxylic acids is 2. The van der Waals surface area contributed by atoms with Gasteiger partial charge in [0.1, 0.15) is 6.54 Å². The molecule has 1 aliphatic heterocycles. The number of carboxylic acids is 2. The highest BCUT2D eigenvalue weighted by atomic mass is 19.4. The van der Waals surface area contributed by atoms with Gasteiger partial charge in [-0.25, -0.2) is 4.79 Å². The number of carboxylic acid groups (broad SMARTS) is 2. The fourth-order valence-corrected chi connectivity index (χ4v) is 3.13. The largest absolute Gasteiger partial charge is 0.490 e. The van der Waals surface area contributed by atoms with Crippen molar-refractivity contribution in [3.63, 3.8) is 0 Å². The SMILES string of the molecule is CC(=O)N(CC(=O)O)CC1CN(C(=O)c2ccc3ccncc3c2)CCO1.O=C(O)C(F)(F)F. The predicted octanol–water partition coefficient (Wildman–Crippen LogP) is 1.64. The second-order valence-electron chi connectivity index (χ2n) is 7.28. The van der Waals surface area contributed by atoms with Crippen LogP contribution in [0.3, 0.4) is 0 Å². The van der Waals surface area contributed by atoms with Gasteiger partial charge in [0.2, 0.25) is 5.91 Å². The quantitative estimate of drug-likeness (QED) is 0.652. The normalized spacial score (nSPS) is 15.8. The van der Waals surface area contributed by atoms with Crippen molar-refractivity contribution in [2.75, 3.05) is 32.8 Å². The Morgan fingerprint density at radius 1 is 1.18 bits per heavy atom. The van der Waals surface area contributed by atoms with E-state index in [1.165, 1.54) is 11.8 Å². The Bertz CT molecular complexity index is 1060. The molecule has 0 aliphatic carbocycles. The number of halogens is 3. The molecule has 3 rings (SSSR count). The molecular formula is C21H22F3N3O7. The van der Waals surface area contributed by atoms with Crippen molar-refractivity contribution in [3.8, 4) is 0 Å². The molecule has 10 nitrogen and oxygen atoms in total. The molecule has 1 unspecified atom stereocenters. The predicted molar refractivity (Wildman–Crippen MR) is 111 cm³/mol. The molecule has 0 spiro atoms. The Labute approximate surface area is 191 Å². The van der Waals surface area contributed by atoms with E-state index in [0.717, 1.165) is 10.8 Å². The second kappa shape index (κ2) is 11.4. The Balaban J connectivity index is 0.000000509. The number of hydrogen-bond donors (Lipinski definition) is 2. The number of benzene rings is 1. The van der Waals surface area contributed by atoms with Gasteiger partial charge in [-0.1, -0.05) is 6.07 Å². The Kier molecular flexibility index (Phi) is 8.90. The molecule has 1 aliphatic rings. The van der Waals surface area contributed by atoms with Gasteiger partial charge in [0.25, 0.3) is 5.91 Å². The van der Waals surface area contributed by atoms with Crippen LogP contribution in [0.5, 0.6) is 0 Å². The molecule has 2 N–H and O–H groups in total. The fraction of sp³-hybridized carbons (Fsp3) is 0.381. The standard InChI is InChI=1S/C19H21N3O5.C2HF3O2/c1-13(23)22(12-18(24)25)11-17-10-21(6-7-27-17)19(26)15-3-2-14-4-5-20-9-16(14)8-15;3-2(4,5)1(6)7/h2-5,8-9,17H,6-7,10-12H2,1H3,(H,24,25);(H,6,7). The maximum Gasteiger partial charge on any atom is 0.490 e. The van der Waals surface area contributed by atoms with Gasteiger partial charge in [-0.05, 0) is 23.6 Å². The molecule has 1 saturated heterocycles. The number of nitrogens with zero attached hydrogens (tertiary/aromatic N) is 3.